The molecule has 0 bridgehead atoms. The van der Waals surface area contributed by atoms with E-state index in [4.69, 9.17) is 4.74 Å². The molecule has 2 unspecified atom stereocenters. The van der Waals surface area contributed by atoms with Gasteiger partial charge in [0.1, 0.15) is 23.5 Å². The van der Waals surface area contributed by atoms with Crippen LogP contribution in [0.2, 0.25) is 0 Å². The second kappa shape index (κ2) is 7.59. The van der Waals surface area contributed by atoms with E-state index in [1.54, 1.807) is 11.8 Å². The van der Waals surface area contributed by atoms with Gasteiger partial charge in [0.05, 0.1) is 0 Å². The van der Waals surface area contributed by atoms with Gasteiger partial charge in [0.25, 0.3) is 0 Å². The summed E-state index contributed by atoms with van der Waals surface area (Å²) in [5, 5.41) is 9.44. The number of hydrogen-bond donors (Lipinski definition) is 0. The van der Waals surface area contributed by atoms with Crippen molar-refractivity contribution in [3.05, 3.63) is 23.8 Å². The third-order valence-electron chi connectivity index (χ3n) is 4.04. The third kappa shape index (κ3) is 3.49. The highest BCUT2D eigenvalue weighted by molar-refractivity contribution is 7.99. The molecule has 20 heavy (non-hydrogen) atoms. The van der Waals surface area contributed by atoms with Gasteiger partial charge in [0.2, 0.25) is 0 Å². The molecule has 2 rings (SSSR count). The molecule has 1 saturated carbocycles. The molecule has 0 radical (unpaired) electrons. The summed E-state index contributed by atoms with van der Waals surface area (Å²) in [5.74, 6) is 2.38. The molecule has 108 valence electrons. The van der Waals surface area contributed by atoms with Gasteiger partial charge in [0.15, 0.2) is 0 Å². The standard InChI is InChI=1S/C17H23NOS/c1-3-13-8-5-6-9-15(13)19-16-10-7-11-17(20-4-2)14(16)12-18/h7,10-11,13,15H,3-6,8-9H2,1-2H3. The van der Waals surface area contributed by atoms with E-state index in [0.717, 1.165) is 29.2 Å². The smallest absolute Gasteiger partial charge is 0.138 e. The van der Waals surface area contributed by atoms with Crippen molar-refractivity contribution in [1.82, 2.24) is 0 Å². The van der Waals surface area contributed by atoms with Crippen molar-refractivity contribution in [1.29, 1.82) is 5.26 Å². The van der Waals surface area contributed by atoms with Crippen molar-refractivity contribution in [2.75, 3.05) is 5.75 Å². The van der Waals surface area contributed by atoms with Gasteiger partial charge < -0.3 is 4.74 Å². The molecule has 0 amide bonds. The van der Waals surface area contributed by atoms with Crippen LogP contribution in [0, 0.1) is 17.2 Å². The zero-order valence-electron chi connectivity index (χ0n) is 12.4. The Labute approximate surface area is 126 Å². The van der Waals surface area contributed by atoms with Crippen molar-refractivity contribution in [2.45, 2.75) is 57.0 Å². The lowest BCUT2D eigenvalue weighted by molar-refractivity contribution is 0.0898. The largest absolute Gasteiger partial charge is 0.489 e. The monoisotopic (exact) mass is 289 g/mol. The van der Waals surface area contributed by atoms with Crippen LogP contribution < -0.4 is 4.74 Å². The quantitative estimate of drug-likeness (QED) is 0.714. The van der Waals surface area contributed by atoms with Crippen LogP contribution in [0.15, 0.2) is 23.1 Å². The molecule has 0 aliphatic heterocycles. The summed E-state index contributed by atoms with van der Waals surface area (Å²) < 4.78 is 6.23. The molecule has 1 fully saturated rings. The topological polar surface area (TPSA) is 33.0 Å². The Morgan fingerprint density at radius 3 is 2.80 bits per heavy atom. The minimum atomic E-state index is 0.280. The molecule has 0 saturated heterocycles. The summed E-state index contributed by atoms with van der Waals surface area (Å²) in [6.07, 6.45) is 6.38. The van der Waals surface area contributed by atoms with Crippen molar-refractivity contribution < 1.29 is 4.74 Å². The summed E-state index contributed by atoms with van der Waals surface area (Å²) in [4.78, 5) is 1.04. The number of thioether (sulfide) groups is 1. The maximum Gasteiger partial charge on any atom is 0.138 e. The van der Waals surface area contributed by atoms with Crippen LogP contribution >= 0.6 is 11.8 Å². The molecule has 2 atom stereocenters. The lowest BCUT2D eigenvalue weighted by atomic mass is 9.84. The van der Waals surface area contributed by atoms with Gasteiger partial charge in [-0.2, -0.15) is 5.26 Å². The van der Waals surface area contributed by atoms with Gasteiger partial charge in [-0.25, -0.2) is 0 Å². The predicted octanol–water partition coefficient (Wildman–Crippen LogP) is 5.02. The van der Waals surface area contributed by atoms with Gasteiger partial charge in [-0.05, 0) is 49.5 Å². The second-order valence-corrected chi connectivity index (χ2v) is 6.59. The van der Waals surface area contributed by atoms with E-state index in [1.807, 2.05) is 18.2 Å². The fraction of sp³-hybridized carbons (Fsp3) is 0.588. The molecule has 0 spiro atoms. The van der Waals surface area contributed by atoms with Crippen LogP contribution in [-0.4, -0.2) is 11.9 Å². The van der Waals surface area contributed by atoms with E-state index < -0.39 is 0 Å². The zero-order chi connectivity index (χ0) is 14.4. The Bertz CT molecular complexity index is 480. The first kappa shape index (κ1) is 15.3. The van der Waals surface area contributed by atoms with E-state index >= 15 is 0 Å². The van der Waals surface area contributed by atoms with Crippen LogP contribution in [0.25, 0.3) is 0 Å². The number of hydrogen-bond acceptors (Lipinski definition) is 3. The highest BCUT2D eigenvalue weighted by Crippen LogP contribution is 2.34. The fourth-order valence-electron chi connectivity index (χ4n) is 2.95. The summed E-state index contributed by atoms with van der Waals surface area (Å²) in [6, 6.07) is 8.28. The first-order chi connectivity index (χ1) is 9.80. The number of benzene rings is 1. The normalized spacial score (nSPS) is 22.2. The van der Waals surface area contributed by atoms with E-state index in [2.05, 4.69) is 19.9 Å². The first-order valence-electron chi connectivity index (χ1n) is 7.62. The van der Waals surface area contributed by atoms with Crippen molar-refractivity contribution >= 4 is 11.8 Å². The van der Waals surface area contributed by atoms with E-state index in [-0.39, 0.29) is 6.10 Å². The third-order valence-corrected chi connectivity index (χ3v) is 4.98. The van der Waals surface area contributed by atoms with Gasteiger partial charge >= 0.3 is 0 Å². The minimum absolute atomic E-state index is 0.280. The molecule has 0 N–H and O–H groups in total. The molecule has 0 heterocycles. The predicted molar refractivity (Wildman–Crippen MR) is 84.2 cm³/mol. The first-order valence-corrected chi connectivity index (χ1v) is 8.61. The number of ether oxygens (including phenoxy) is 1. The van der Waals surface area contributed by atoms with Crippen molar-refractivity contribution in [3.63, 3.8) is 0 Å². The molecule has 3 heteroatoms. The molecular weight excluding hydrogens is 266 g/mol. The average Bonchev–Trinajstić information content (AvgIpc) is 2.48. The second-order valence-electron chi connectivity index (χ2n) is 5.28. The lowest BCUT2D eigenvalue weighted by Gasteiger charge is -2.31. The summed E-state index contributed by atoms with van der Waals surface area (Å²) >= 11 is 1.71. The Balaban J connectivity index is 2.20. The minimum Gasteiger partial charge on any atom is -0.489 e. The van der Waals surface area contributed by atoms with Crippen LogP contribution in [0.5, 0.6) is 5.75 Å². The van der Waals surface area contributed by atoms with Gasteiger partial charge in [-0.15, -0.1) is 11.8 Å². The van der Waals surface area contributed by atoms with Crippen LogP contribution in [-0.2, 0) is 0 Å². The number of nitriles is 1. The van der Waals surface area contributed by atoms with E-state index in [1.165, 1.54) is 19.3 Å². The van der Waals surface area contributed by atoms with E-state index in [9.17, 15) is 5.26 Å². The van der Waals surface area contributed by atoms with Crippen molar-refractivity contribution in [3.8, 4) is 11.8 Å². The Kier molecular flexibility index (Phi) is 5.79. The Morgan fingerprint density at radius 1 is 1.30 bits per heavy atom. The molecule has 1 aliphatic rings. The van der Waals surface area contributed by atoms with Crippen molar-refractivity contribution in [2.24, 2.45) is 5.92 Å². The Hall–Kier alpha value is -1.14. The SMILES string of the molecule is CCSc1cccc(OC2CCCCC2CC)c1C#N. The maximum atomic E-state index is 9.44. The molecule has 2 nitrogen and oxygen atoms in total. The fourth-order valence-corrected chi connectivity index (χ4v) is 3.73. The molecule has 1 aromatic carbocycles. The number of rotatable bonds is 5. The summed E-state index contributed by atoms with van der Waals surface area (Å²) in [7, 11) is 0. The van der Waals surface area contributed by atoms with Crippen LogP contribution in [0.4, 0.5) is 0 Å². The molecule has 1 aromatic rings. The van der Waals surface area contributed by atoms with Gasteiger partial charge in [-0.1, -0.05) is 26.3 Å². The van der Waals surface area contributed by atoms with Crippen LogP contribution in [0.1, 0.15) is 51.5 Å². The van der Waals surface area contributed by atoms with Gasteiger partial charge in [0, 0.05) is 4.90 Å². The van der Waals surface area contributed by atoms with E-state index in [0.29, 0.717) is 11.5 Å². The highest BCUT2D eigenvalue weighted by atomic mass is 32.2. The van der Waals surface area contributed by atoms with Gasteiger partial charge in [-0.3, -0.25) is 0 Å². The molecular formula is C17H23NOS. The average molecular weight is 289 g/mol. The molecule has 1 aliphatic carbocycles. The Morgan fingerprint density at radius 2 is 2.10 bits per heavy atom. The summed E-state index contributed by atoms with van der Waals surface area (Å²) in [6.45, 7) is 4.34. The number of nitrogens with zero attached hydrogens (tertiary/aromatic N) is 1. The highest BCUT2D eigenvalue weighted by Gasteiger charge is 2.26. The van der Waals surface area contributed by atoms with Crippen LogP contribution in [0.3, 0.4) is 0 Å². The maximum absolute atomic E-state index is 9.44. The lowest BCUT2D eigenvalue weighted by Crippen LogP contribution is -2.30. The zero-order valence-corrected chi connectivity index (χ0v) is 13.2. The molecule has 0 aromatic heterocycles. The summed E-state index contributed by atoms with van der Waals surface area (Å²) in [5.41, 5.74) is 0.708.